The molecule has 1 amide bonds. The largest absolute Gasteiger partial charge is 0.411 e. The Hall–Kier alpha value is -2.60. The van der Waals surface area contributed by atoms with Crippen LogP contribution in [0.5, 0.6) is 0 Å². The van der Waals surface area contributed by atoms with Gasteiger partial charge in [-0.25, -0.2) is 0 Å². The minimum absolute atomic E-state index is 0.0641. The molecule has 2 aromatic carbocycles. The summed E-state index contributed by atoms with van der Waals surface area (Å²) < 4.78 is 5.82. The third kappa shape index (κ3) is 4.08. The van der Waals surface area contributed by atoms with E-state index < -0.39 is 0 Å². The smallest absolute Gasteiger partial charge is 0.277 e. The van der Waals surface area contributed by atoms with E-state index in [0.717, 1.165) is 24.2 Å². The number of thioether (sulfide) groups is 1. The molecule has 0 unspecified atom stereocenters. The fourth-order valence-electron chi connectivity index (χ4n) is 3.48. The van der Waals surface area contributed by atoms with Gasteiger partial charge in [0, 0.05) is 17.8 Å². The van der Waals surface area contributed by atoms with E-state index in [9.17, 15) is 4.79 Å². The first kappa shape index (κ1) is 19.7. The standard InChI is InChI=1S/C23H25N3O2S/c1-15(21(27)26-14-13-16-7-5-6-8-19(16)26)29-22-25-24-20(28-22)17-9-11-18(12-10-17)23(2,3)4/h5-12,15H,13-14H2,1-4H3/t15-/m1/s1. The summed E-state index contributed by atoms with van der Waals surface area (Å²) >= 11 is 1.30. The van der Waals surface area contributed by atoms with E-state index in [0.29, 0.717) is 11.1 Å². The van der Waals surface area contributed by atoms with Crippen LogP contribution in [0, 0.1) is 0 Å². The van der Waals surface area contributed by atoms with E-state index in [1.54, 1.807) is 0 Å². The van der Waals surface area contributed by atoms with Crippen LogP contribution in [0.1, 0.15) is 38.8 Å². The number of carbonyl (C=O) groups excluding carboxylic acids is 1. The first-order valence-corrected chi connectivity index (χ1v) is 10.7. The van der Waals surface area contributed by atoms with Crippen molar-refractivity contribution in [2.45, 2.75) is 50.0 Å². The third-order valence-electron chi connectivity index (χ3n) is 5.18. The Morgan fingerprint density at radius 2 is 1.83 bits per heavy atom. The average molecular weight is 408 g/mol. The predicted octanol–water partition coefficient (Wildman–Crippen LogP) is 5.10. The highest BCUT2D eigenvalue weighted by atomic mass is 32.2. The molecule has 1 aliphatic heterocycles. The van der Waals surface area contributed by atoms with E-state index in [4.69, 9.17) is 4.42 Å². The molecule has 5 nitrogen and oxygen atoms in total. The van der Waals surface area contributed by atoms with E-state index >= 15 is 0 Å². The van der Waals surface area contributed by atoms with Gasteiger partial charge in [-0.1, -0.05) is 62.9 Å². The molecule has 0 saturated carbocycles. The number of benzene rings is 2. The quantitative estimate of drug-likeness (QED) is 0.563. The lowest BCUT2D eigenvalue weighted by molar-refractivity contribution is -0.117. The van der Waals surface area contributed by atoms with Gasteiger partial charge in [-0.15, -0.1) is 10.2 Å². The van der Waals surface area contributed by atoms with Crippen molar-refractivity contribution in [2.75, 3.05) is 11.4 Å². The van der Waals surface area contributed by atoms with Gasteiger partial charge in [-0.05, 0) is 48.1 Å². The molecule has 6 heteroatoms. The highest BCUT2D eigenvalue weighted by molar-refractivity contribution is 8.00. The van der Waals surface area contributed by atoms with Gasteiger partial charge in [0.05, 0.1) is 5.25 Å². The molecule has 1 aromatic heterocycles. The molecule has 150 valence electrons. The van der Waals surface area contributed by atoms with Gasteiger partial charge in [-0.2, -0.15) is 0 Å². The van der Waals surface area contributed by atoms with Crippen molar-refractivity contribution < 1.29 is 9.21 Å². The van der Waals surface area contributed by atoms with Crippen LogP contribution >= 0.6 is 11.8 Å². The topological polar surface area (TPSA) is 59.2 Å². The van der Waals surface area contributed by atoms with Crippen molar-refractivity contribution in [3.63, 3.8) is 0 Å². The second-order valence-electron chi connectivity index (χ2n) is 8.33. The van der Waals surface area contributed by atoms with Crippen molar-refractivity contribution in [3.05, 3.63) is 59.7 Å². The van der Waals surface area contributed by atoms with E-state index in [2.05, 4.69) is 49.2 Å². The number of para-hydroxylation sites is 1. The molecule has 0 bridgehead atoms. The van der Waals surface area contributed by atoms with Crippen LogP contribution < -0.4 is 4.90 Å². The maximum Gasteiger partial charge on any atom is 0.277 e. The molecular weight excluding hydrogens is 382 g/mol. The molecule has 0 radical (unpaired) electrons. The average Bonchev–Trinajstić information content (AvgIpc) is 3.34. The van der Waals surface area contributed by atoms with E-state index in [1.165, 1.54) is 22.9 Å². The summed E-state index contributed by atoms with van der Waals surface area (Å²) in [7, 11) is 0. The Kier molecular flexibility index (Phi) is 5.21. The number of anilines is 1. The van der Waals surface area contributed by atoms with Gasteiger partial charge in [0.2, 0.25) is 11.8 Å². The van der Waals surface area contributed by atoms with Crippen LogP contribution in [0.15, 0.2) is 58.2 Å². The van der Waals surface area contributed by atoms with Crippen molar-refractivity contribution in [1.29, 1.82) is 0 Å². The Labute approximate surface area is 175 Å². The van der Waals surface area contributed by atoms with Crippen LogP contribution in [0.4, 0.5) is 5.69 Å². The van der Waals surface area contributed by atoms with Crippen LogP contribution in [0.25, 0.3) is 11.5 Å². The SMILES string of the molecule is C[C@@H](Sc1nnc(-c2ccc(C(C)(C)C)cc2)o1)C(=O)N1CCc2ccccc21. The molecule has 1 aliphatic rings. The molecule has 2 heterocycles. The molecule has 0 saturated heterocycles. The normalized spacial score (nSPS) is 14.7. The Morgan fingerprint density at radius 3 is 2.55 bits per heavy atom. The summed E-state index contributed by atoms with van der Waals surface area (Å²) in [5, 5.41) is 8.40. The maximum absolute atomic E-state index is 12.9. The molecule has 3 aromatic rings. The van der Waals surface area contributed by atoms with Crippen molar-refractivity contribution in [1.82, 2.24) is 10.2 Å². The van der Waals surface area contributed by atoms with Gasteiger partial charge >= 0.3 is 0 Å². The summed E-state index contributed by atoms with van der Waals surface area (Å²) in [6, 6.07) is 16.2. The number of rotatable bonds is 4. The van der Waals surface area contributed by atoms with Crippen LogP contribution in [0.3, 0.4) is 0 Å². The van der Waals surface area contributed by atoms with Crippen LogP contribution in [-0.4, -0.2) is 27.9 Å². The summed E-state index contributed by atoms with van der Waals surface area (Å²) in [5.74, 6) is 0.536. The molecule has 0 spiro atoms. The lowest BCUT2D eigenvalue weighted by Gasteiger charge is -2.20. The second kappa shape index (κ2) is 7.67. The van der Waals surface area contributed by atoms with Crippen LogP contribution in [-0.2, 0) is 16.6 Å². The monoisotopic (exact) mass is 407 g/mol. The zero-order chi connectivity index (χ0) is 20.6. The third-order valence-corrected chi connectivity index (χ3v) is 6.10. The van der Waals surface area contributed by atoms with Gasteiger partial charge in [0.15, 0.2) is 0 Å². The van der Waals surface area contributed by atoms with Gasteiger partial charge in [-0.3, -0.25) is 4.79 Å². The number of aromatic nitrogens is 2. The summed E-state index contributed by atoms with van der Waals surface area (Å²) in [5.41, 5.74) is 4.45. The Morgan fingerprint density at radius 1 is 1.10 bits per heavy atom. The molecule has 0 aliphatic carbocycles. The first-order valence-electron chi connectivity index (χ1n) is 9.83. The zero-order valence-corrected chi connectivity index (χ0v) is 18.0. The lowest BCUT2D eigenvalue weighted by Crippen LogP contribution is -2.35. The summed E-state index contributed by atoms with van der Waals surface area (Å²) in [4.78, 5) is 14.8. The molecule has 4 rings (SSSR count). The zero-order valence-electron chi connectivity index (χ0n) is 17.2. The first-order chi connectivity index (χ1) is 13.8. The predicted molar refractivity (Wildman–Crippen MR) is 116 cm³/mol. The summed E-state index contributed by atoms with van der Waals surface area (Å²) in [6.45, 7) is 9.15. The molecular formula is C23H25N3O2S. The number of amides is 1. The van der Waals surface area contributed by atoms with Crippen molar-refractivity contribution in [3.8, 4) is 11.5 Å². The minimum atomic E-state index is -0.308. The fourth-order valence-corrected chi connectivity index (χ4v) is 4.22. The number of carbonyl (C=O) groups is 1. The fraction of sp³-hybridized carbons (Fsp3) is 0.348. The maximum atomic E-state index is 12.9. The van der Waals surface area contributed by atoms with Crippen molar-refractivity contribution >= 4 is 23.4 Å². The van der Waals surface area contributed by atoms with Crippen molar-refractivity contribution in [2.24, 2.45) is 0 Å². The Balaban J connectivity index is 1.44. The van der Waals surface area contributed by atoms with E-state index in [-0.39, 0.29) is 16.6 Å². The molecule has 0 N–H and O–H groups in total. The molecule has 0 fully saturated rings. The van der Waals surface area contributed by atoms with E-state index in [1.807, 2.05) is 42.2 Å². The molecule has 1 atom stereocenters. The number of nitrogens with zero attached hydrogens (tertiary/aromatic N) is 3. The highest BCUT2D eigenvalue weighted by Crippen LogP contribution is 2.32. The minimum Gasteiger partial charge on any atom is -0.411 e. The summed E-state index contributed by atoms with van der Waals surface area (Å²) in [6.07, 6.45) is 0.897. The van der Waals surface area contributed by atoms with Gasteiger partial charge in [0.25, 0.3) is 5.22 Å². The number of hydrogen-bond acceptors (Lipinski definition) is 5. The van der Waals surface area contributed by atoms with Crippen LogP contribution in [0.2, 0.25) is 0 Å². The Bertz CT molecular complexity index is 1020. The molecule has 29 heavy (non-hydrogen) atoms. The lowest BCUT2D eigenvalue weighted by atomic mass is 9.87. The number of fused-ring (bicyclic) bond motifs is 1. The number of hydrogen-bond donors (Lipinski definition) is 0. The second-order valence-corrected chi connectivity index (χ2v) is 9.62. The van der Waals surface area contributed by atoms with Gasteiger partial charge in [0.1, 0.15) is 0 Å². The van der Waals surface area contributed by atoms with Gasteiger partial charge < -0.3 is 9.32 Å². The highest BCUT2D eigenvalue weighted by Gasteiger charge is 2.29.